The monoisotopic (exact) mass is 289 g/mol. The fourth-order valence-corrected chi connectivity index (χ4v) is 2.09. The van der Waals surface area contributed by atoms with Gasteiger partial charge in [-0.3, -0.25) is 4.79 Å². The first-order chi connectivity index (χ1) is 9.36. The molecular weight excluding hydrogens is 271 g/mol. The van der Waals surface area contributed by atoms with Gasteiger partial charge in [0.25, 0.3) is 0 Å². The Morgan fingerprint density at radius 2 is 1.90 bits per heavy atom. The second-order valence-electron chi connectivity index (χ2n) is 4.97. The van der Waals surface area contributed by atoms with Gasteiger partial charge in [-0.1, -0.05) is 6.92 Å². The topological polar surface area (TPSA) is 63.3 Å². The maximum absolute atomic E-state index is 13.4. The van der Waals surface area contributed by atoms with Crippen LogP contribution in [-0.2, 0) is 11.2 Å². The number of carbonyl (C=O) groups is 1. The highest BCUT2D eigenvalue weighted by Crippen LogP contribution is 2.22. The van der Waals surface area contributed by atoms with E-state index in [4.69, 9.17) is 10.8 Å². The molecule has 3 nitrogen and oxygen atoms in total. The maximum Gasteiger partial charge on any atom is 0.307 e. The number of halogens is 3. The standard InChI is InChI=1S/C14H18F3NO2/c1-8(6-9(7-18)14(19)20)2-3-10-11(15)4-5-12(16)13(10)17/h4-5,8-9H,2-3,6-7,18H2,1H3,(H,19,20). The summed E-state index contributed by atoms with van der Waals surface area (Å²) in [5, 5.41) is 8.88. The van der Waals surface area contributed by atoms with Gasteiger partial charge in [0.05, 0.1) is 5.92 Å². The fraction of sp³-hybridized carbons (Fsp3) is 0.500. The van der Waals surface area contributed by atoms with Gasteiger partial charge in [0.1, 0.15) is 5.82 Å². The molecule has 0 aliphatic rings. The molecule has 0 bridgehead atoms. The number of hydrogen-bond acceptors (Lipinski definition) is 2. The second-order valence-corrected chi connectivity index (χ2v) is 4.97. The van der Waals surface area contributed by atoms with E-state index in [1.54, 1.807) is 6.92 Å². The summed E-state index contributed by atoms with van der Waals surface area (Å²) in [4.78, 5) is 10.8. The SMILES string of the molecule is CC(CCc1c(F)ccc(F)c1F)CC(CN)C(=O)O. The lowest BCUT2D eigenvalue weighted by molar-refractivity contribution is -0.141. The molecule has 0 heterocycles. The summed E-state index contributed by atoms with van der Waals surface area (Å²) in [6.07, 6.45) is 0.707. The van der Waals surface area contributed by atoms with Crippen molar-refractivity contribution in [1.82, 2.24) is 0 Å². The molecule has 0 spiro atoms. The molecule has 0 fully saturated rings. The first kappa shape index (κ1) is 16.5. The summed E-state index contributed by atoms with van der Waals surface area (Å²) in [5.74, 6) is -4.79. The number of rotatable bonds is 7. The van der Waals surface area contributed by atoms with Crippen molar-refractivity contribution in [2.75, 3.05) is 6.54 Å². The normalized spacial score (nSPS) is 14.1. The molecule has 0 radical (unpaired) electrons. The van der Waals surface area contributed by atoms with Gasteiger partial charge >= 0.3 is 5.97 Å². The van der Waals surface area contributed by atoms with Gasteiger partial charge in [0.15, 0.2) is 11.6 Å². The second kappa shape index (κ2) is 7.28. The highest BCUT2D eigenvalue weighted by Gasteiger charge is 2.20. The molecule has 1 aromatic carbocycles. The molecular formula is C14H18F3NO2. The minimum atomic E-state index is -1.18. The number of hydrogen-bond donors (Lipinski definition) is 2. The number of carboxylic acids is 1. The van der Waals surface area contributed by atoms with Crippen molar-refractivity contribution < 1.29 is 23.1 Å². The Labute approximate surface area is 115 Å². The zero-order valence-corrected chi connectivity index (χ0v) is 11.2. The average molecular weight is 289 g/mol. The quantitative estimate of drug-likeness (QED) is 0.759. The van der Waals surface area contributed by atoms with Gasteiger partial charge in [-0.15, -0.1) is 0 Å². The molecule has 1 aromatic rings. The van der Waals surface area contributed by atoms with E-state index in [1.165, 1.54) is 0 Å². The molecule has 2 atom stereocenters. The predicted octanol–water partition coefficient (Wildman–Crippen LogP) is 2.72. The largest absolute Gasteiger partial charge is 0.481 e. The Morgan fingerprint density at radius 1 is 1.30 bits per heavy atom. The molecule has 6 heteroatoms. The zero-order valence-electron chi connectivity index (χ0n) is 11.2. The van der Waals surface area contributed by atoms with Crippen LogP contribution in [0.4, 0.5) is 13.2 Å². The van der Waals surface area contributed by atoms with Crippen LogP contribution in [-0.4, -0.2) is 17.6 Å². The third-order valence-corrected chi connectivity index (χ3v) is 3.35. The van der Waals surface area contributed by atoms with Crippen molar-refractivity contribution in [3.05, 3.63) is 35.1 Å². The lowest BCUT2D eigenvalue weighted by Gasteiger charge is -2.16. The number of aliphatic carboxylic acids is 1. The van der Waals surface area contributed by atoms with Crippen LogP contribution in [0, 0.1) is 29.3 Å². The zero-order chi connectivity index (χ0) is 15.3. The minimum absolute atomic E-state index is 0.0162. The number of benzene rings is 1. The lowest BCUT2D eigenvalue weighted by Crippen LogP contribution is -2.25. The first-order valence-electron chi connectivity index (χ1n) is 6.42. The van der Waals surface area contributed by atoms with Gasteiger partial charge in [-0.05, 0) is 37.3 Å². The van der Waals surface area contributed by atoms with Gasteiger partial charge < -0.3 is 10.8 Å². The highest BCUT2D eigenvalue weighted by molar-refractivity contribution is 5.70. The molecule has 2 unspecified atom stereocenters. The molecule has 1 rings (SSSR count). The summed E-state index contributed by atoms with van der Waals surface area (Å²) in [6, 6.07) is 1.63. The van der Waals surface area contributed by atoms with Crippen molar-refractivity contribution in [1.29, 1.82) is 0 Å². The van der Waals surface area contributed by atoms with Crippen LogP contribution in [0.3, 0.4) is 0 Å². The molecule has 3 N–H and O–H groups in total. The third-order valence-electron chi connectivity index (χ3n) is 3.35. The summed E-state index contributed by atoms with van der Waals surface area (Å²) in [6.45, 7) is 1.79. The Kier molecular flexibility index (Phi) is 6.01. The van der Waals surface area contributed by atoms with Crippen molar-refractivity contribution in [3.8, 4) is 0 Å². The maximum atomic E-state index is 13.4. The van der Waals surface area contributed by atoms with Crippen LogP contribution in [0.1, 0.15) is 25.3 Å². The Hall–Kier alpha value is -1.56. The van der Waals surface area contributed by atoms with Crippen LogP contribution in [0.15, 0.2) is 12.1 Å². The summed E-state index contributed by atoms with van der Waals surface area (Å²) in [5.41, 5.74) is 5.05. The van der Waals surface area contributed by atoms with Crippen molar-refractivity contribution in [2.24, 2.45) is 17.6 Å². The fourth-order valence-electron chi connectivity index (χ4n) is 2.09. The smallest absolute Gasteiger partial charge is 0.307 e. The summed E-state index contributed by atoms with van der Waals surface area (Å²) >= 11 is 0. The average Bonchev–Trinajstić information content (AvgIpc) is 2.40. The van der Waals surface area contributed by atoms with E-state index < -0.39 is 29.3 Å². The van der Waals surface area contributed by atoms with Gasteiger partial charge in [-0.25, -0.2) is 13.2 Å². The van der Waals surface area contributed by atoms with Crippen LogP contribution in [0.5, 0.6) is 0 Å². The number of carboxylic acid groups (broad SMARTS) is 1. The summed E-state index contributed by atoms with van der Waals surface area (Å²) in [7, 11) is 0. The van der Waals surface area contributed by atoms with Gasteiger partial charge in [0.2, 0.25) is 0 Å². The van der Waals surface area contributed by atoms with Gasteiger partial charge in [0, 0.05) is 12.1 Å². The van der Waals surface area contributed by atoms with E-state index in [0.29, 0.717) is 12.8 Å². The van der Waals surface area contributed by atoms with E-state index in [0.717, 1.165) is 12.1 Å². The van der Waals surface area contributed by atoms with E-state index in [9.17, 15) is 18.0 Å². The predicted molar refractivity (Wildman–Crippen MR) is 68.6 cm³/mol. The lowest BCUT2D eigenvalue weighted by atomic mass is 9.91. The molecule has 112 valence electrons. The molecule has 0 saturated heterocycles. The minimum Gasteiger partial charge on any atom is -0.481 e. The van der Waals surface area contributed by atoms with Crippen LogP contribution in [0.2, 0.25) is 0 Å². The summed E-state index contributed by atoms with van der Waals surface area (Å²) < 4.78 is 39.9. The van der Waals surface area contributed by atoms with Gasteiger partial charge in [-0.2, -0.15) is 0 Å². The van der Waals surface area contributed by atoms with E-state index in [-0.39, 0.29) is 24.4 Å². The van der Waals surface area contributed by atoms with Crippen molar-refractivity contribution >= 4 is 5.97 Å². The molecule has 0 amide bonds. The molecule has 0 saturated carbocycles. The van der Waals surface area contributed by atoms with E-state index in [2.05, 4.69) is 0 Å². The Morgan fingerprint density at radius 3 is 2.45 bits per heavy atom. The Balaban J connectivity index is 2.63. The van der Waals surface area contributed by atoms with Crippen LogP contribution in [0.25, 0.3) is 0 Å². The Bertz CT molecular complexity index is 480. The highest BCUT2D eigenvalue weighted by atomic mass is 19.2. The first-order valence-corrected chi connectivity index (χ1v) is 6.42. The molecule has 0 aliphatic carbocycles. The van der Waals surface area contributed by atoms with E-state index in [1.807, 2.05) is 0 Å². The van der Waals surface area contributed by atoms with E-state index >= 15 is 0 Å². The molecule has 0 aromatic heterocycles. The molecule has 20 heavy (non-hydrogen) atoms. The van der Waals surface area contributed by atoms with Crippen LogP contribution >= 0.6 is 0 Å². The van der Waals surface area contributed by atoms with Crippen LogP contribution < -0.4 is 5.73 Å². The third kappa shape index (κ3) is 4.23. The molecule has 0 aliphatic heterocycles. The number of nitrogens with two attached hydrogens (primary N) is 1. The van der Waals surface area contributed by atoms with Crippen molar-refractivity contribution in [2.45, 2.75) is 26.2 Å². The van der Waals surface area contributed by atoms with Crippen molar-refractivity contribution in [3.63, 3.8) is 0 Å².